The molecule has 1 fully saturated rings. The maximum Gasteiger partial charge on any atom is 0.00723 e. The molecule has 0 aliphatic heterocycles. The van der Waals surface area contributed by atoms with E-state index < -0.39 is 0 Å². The molecule has 1 aliphatic rings. The zero-order chi connectivity index (χ0) is 10.8. The van der Waals surface area contributed by atoms with Crippen LogP contribution in [0.5, 0.6) is 0 Å². The summed E-state index contributed by atoms with van der Waals surface area (Å²) in [5.41, 5.74) is 0.391. The van der Waals surface area contributed by atoms with Crippen LogP contribution in [0.3, 0.4) is 0 Å². The summed E-state index contributed by atoms with van der Waals surface area (Å²) in [4.78, 5) is 2.27. The second kappa shape index (κ2) is 4.63. The minimum Gasteiger partial charge on any atom is -0.313 e. The van der Waals surface area contributed by atoms with Gasteiger partial charge in [-0.3, -0.25) is 0 Å². The molecule has 0 radical (unpaired) electrons. The van der Waals surface area contributed by atoms with Gasteiger partial charge >= 0.3 is 0 Å². The van der Waals surface area contributed by atoms with Gasteiger partial charge in [-0.1, -0.05) is 20.8 Å². The van der Waals surface area contributed by atoms with Crippen molar-refractivity contribution in [2.45, 2.75) is 39.7 Å². The summed E-state index contributed by atoms with van der Waals surface area (Å²) in [5, 5.41) is 3.67. The van der Waals surface area contributed by atoms with E-state index in [1.54, 1.807) is 0 Å². The van der Waals surface area contributed by atoms with Crippen molar-refractivity contribution in [1.82, 2.24) is 10.2 Å². The van der Waals surface area contributed by atoms with E-state index in [-0.39, 0.29) is 0 Å². The van der Waals surface area contributed by atoms with Crippen molar-refractivity contribution in [2.24, 2.45) is 11.3 Å². The molecule has 2 heteroatoms. The topological polar surface area (TPSA) is 15.3 Å². The van der Waals surface area contributed by atoms with Crippen LogP contribution in [0.4, 0.5) is 0 Å². The molecule has 0 amide bonds. The molecule has 0 saturated heterocycles. The Labute approximate surface area is 89.1 Å². The molecular weight excluding hydrogens is 172 g/mol. The monoisotopic (exact) mass is 198 g/mol. The first-order valence-electron chi connectivity index (χ1n) is 5.77. The summed E-state index contributed by atoms with van der Waals surface area (Å²) >= 11 is 0. The van der Waals surface area contributed by atoms with Crippen molar-refractivity contribution >= 4 is 0 Å². The Hall–Kier alpha value is -0.0800. The average Bonchev–Trinajstić information content (AvgIpc) is 1.93. The summed E-state index contributed by atoms with van der Waals surface area (Å²) in [6, 6.07) is 0.798. The molecule has 1 saturated carbocycles. The fourth-order valence-electron chi connectivity index (χ4n) is 2.40. The maximum atomic E-state index is 3.67. The van der Waals surface area contributed by atoms with Gasteiger partial charge in [0, 0.05) is 19.1 Å². The van der Waals surface area contributed by atoms with Gasteiger partial charge in [-0.05, 0) is 38.3 Å². The Kier molecular flexibility index (Phi) is 3.96. The Morgan fingerprint density at radius 1 is 1.29 bits per heavy atom. The van der Waals surface area contributed by atoms with Crippen LogP contribution in [-0.2, 0) is 0 Å². The molecule has 1 N–H and O–H groups in total. The van der Waals surface area contributed by atoms with Crippen LogP contribution in [0.2, 0.25) is 0 Å². The van der Waals surface area contributed by atoms with Crippen LogP contribution < -0.4 is 5.32 Å². The molecule has 0 aromatic carbocycles. The number of hydrogen-bond donors (Lipinski definition) is 1. The smallest absolute Gasteiger partial charge is 0.00723 e. The van der Waals surface area contributed by atoms with Crippen LogP contribution in [0, 0.1) is 11.3 Å². The lowest BCUT2D eigenvalue weighted by Crippen LogP contribution is -2.46. The number of rotatable bonds is 5. The molecule has 84 valence electrons. The van der Waals surface area contributed by atoms with Crippen molar-refractivity contribution in [3.63, 3.8) is 0 Å². The quantitative estimate of drug-likeness (QED) is 0.726. The third-order valence-electron chi connectivity index (χ3n) is 2.99. The molecule has 0 spiro atoms. The van der Waals surface area contributed by atoms with E-state index in [4.69, 9.17) is 0 Å². The predicted molar refractivity (Wildman–Crippen MR) is 62.5 cm³/mol. The highest BCUT2D eigenvalue weighted by molar-refractivity contribution is 4.85. The molecule has 0 atom stereocenters. The first-order valence-corrected chi connectivity index (χ1v) is 5.77. The minimum absolute atomic E-state index is 0.391. The van der Waals surface area contributed by atoms with E-state index in [0.717, 1.165) is 25.0 Å². The lowest BCUT2D eigenvalue weighted by molar-refractivity contribution is 0.184. The van der Waals surface area contributed by atoms with Crippen molar-refractivity contribution in [2.75, 3.05) is 27.2 Å². The van der Waals surface area contributed by atoms with Gasteiger partial charge in [0.15, 0.2) is 0 Å². The summed E-state index contributed by atoms with van der Waals surface area (Å²) in [5.74, 6) is 0.949. The second-order valence-electron chi connectivity index (χ2n) is 6.06. The van der Waals surface area contributed by atoms with E-state index in [0.29, 0.717) is 5.41 Å². The molecule has 2 nitrogen and oxygen atoms in total. The summed E-state index contributed by atoms with van der Waals surface area (Å²) < 4.78 is 0. The largest absolute Gasteiger partial charge is 0.313 e. The van der Waals surface area contributed by atoms with Gasteiger partial charge in [-0.2, -0.15) is 0 Å². The first kappa shape index (κ1) is 12.0. The van der Waals surface area contributed by atoms with E-state index >= 15 is 0 Å². The predicted octanol–water partition coefficient (Wildman–Crippen LogP) is 1.96. The van der Waals surface area contributed by atoms with Crippen molar-refractivity contribution in [1.29, 1.82) is 0 Å². The van der Waals surface area contributed by atoms with Gasteiger partial charge in [0.25, 0.3) is 0 Å². The summed E-state index contributed by atoms with van der Waals surface area (Å²) in [6.07, 6.45) is 2.75. The SMILES string of the molecule is CC1CC(NCC(C)(C)CN(C)C)C1. The zero-order valence-corrected chi connectivity index (χ0v) is 10.4. The summed E-state index contributed by atoms with van der Waals surface area (Å²) in [7, 11) is 4.29. The van der Waals surface area contributed by atoms with Gasteiger partial charge in [-0.25, -0.2) is 0 Å². The fourth-order valence-corrected chi connectivity index (χ4v) is 2.40. The van der Waals surface area contributed by atoms with Gasteiger partial charge in [0.1, 0.15) is 0 Å². The Morgan fingerprint density at radius 3 is 2.29 bits per heavy atom. The highest BCUT2D eigenvalue weighted by Crippen LogP contribution is 2.27. The van der Waals surface area contributed by atoms with Crippen LogP contribution in [0.25, 0.3) is 0 Å². The Bertz CT molecular complexity index is 169. The Morgan fingerprint density at radius 2 is 1.86 bits per heavy atom. The van der Waals surface area contributed by atoms with Gasteiger partial charge in [0.2, 0.25) is 0 Å². The average molecular weight is 198 g/mol. The van der Waals surface area contributed by atoms with Crippen LogP contribution >= 0.6 is 0 Å². The van der Waals surface area contributed by atoms with Gasteiger partial charge < -0.3 is 10.2 Å². The van der Waals surface area contributed by atoms with E-state index in [1.165, 1.54) is 12.8 Å². The number of nitrogens with zero attached hydrogens (tertiary/aromatic N) is 1. The molecule has 0 aromatic heterocycles. The zero-order valence-electron chi connectivity index (χ0n) is 10.4. The molecule has 1 rings (SSSR count). The van der Waals surface area contributed by atoms with E-state index in [1.807, 2.05) is 0 Å². The molecule has 0 bridgehead atoms. The van der Waals surface area contributed by atoms with Crippen LogP contribution in [0.15, 0.2) is 0 Å². The van der Waals surface area contributed by atoms with Gasteiger partial charge in [0.05, 0.1) is 0 Å². The van der Waals surface area contributed by atoms with Crippen molar-refractivity contribution < 1.29 is 0 Å². The van der Waals surface area contributed by atoms with E-state index in [9.17, 15) is 0 Å². The molecule has 1 aliphatic carbocycles. The van der Waals surface area contributed by atoms with Crippen LogP contribution in [-0.4, -0.2) is 38.1 Å². The number of nitrogens with one attached hydrogen (secondary N) is 1. The van der Waals surface area contributed by atoms with Crippen molar-refractivity contribution in [3.05, 3.63) is 0 Å². The van der Waals surface area contributed by atoms with Crippen LogP contribution in [0.1, 0.15) is 33.6 Å². The maximum absolute atomic E-state index is 3.67. The third kappa shape index (κ3) is 3.97. The molecule has 14 heavy (non-hydrogen) atoms. The van der Waals surface area contributed by atoms with Crippen molar-refractivity contribution in [3.8, 4) is 0 Å². The van der Waals surface area contributed by atoms with E-state index in [2.05, 4.69) is 45.1 Å². The number of hydrogen-bond acceptors (Lipinski definition) is 2. The fraction of sp³-hybridized carbons (Fsp3) is 1.00. The first-order chi connectivity index (χ1) is 6.39. The highest BCUT2D eigenvalue weighted by atomic mass is 15.1. The lowest BCUT2D eigenvalue weighted by atomic mass is 9.81. The molecular formula is C12H26N2. The third-order valence-corrected chi connectivity index (χ3v) is 2.99. The minimum atomic E-state index is 0.391. The lowest BCUT2D eigenvalue weighted by Gasteiger charge is -2.37. The normalized spacial score (nSPS) is 27.9. The molecule has 0 aromatic rings. The standard InChI is InChI=1S/C12H26N2/c1-10-6-11(7-10)13-8-12(2,3)9-14(4)5/h10-11,13H,6-9H2,1-5H3. The second-order valence-corrected chi connectivity index (χ2v) is 6.06. The Balaban J connectivity index is 2.16. The molecule has 0 unspecified atom stereocenters. The summed E-state index contributed by atoms with van der Waals surface area (Å²) in [6.45, 7) is 9.30. The highest BCUT2D eigenvalue weighted by Gasteiger charge is 2.27. The van der Waals surface area contributed by atoms with Gasteiger partial charge in [-0.15, -0.1) is 0 Å². The molecule has 0 heterocycles.